The molecular weight excluding hydrogens is 304 g/mol. The van der Waals surface area contributed by atoms with Crippen LogP contribution in [0.4, 0.5) is 4.79 Å². The summed E-state index contributed by atoms with van der Waals surface area (Å²) in [6.45, 7) is -0.290. The van der Waals surface area contributed by atoms with Gasteiger partial charge in [-0.25, -0.2) is 4.79 Å². The number of urea groups is 1. The second-order valence-corrected chi connectivity index (χ2v) is 5.41. The molecule has 5 nitrogen and oxygen atoms in total. The van der Waals surface area contributed by atoms with Gasteiger partial charge in [-0.1, -0.05) is 60.7 Å². The van der Waals surface area contributed by atoms with Crippen LogP contribution in [0.15, 0.2) is 66.9 Å². The Balaban J connectivity index is 1.68. The molecule has 2 aromatic carbocycles. The van der Waals surface area contributed by atoms with Crippen molar-refractivity contribution in [2.75, 3.05) is 13.1 Å². The largest absolute Gasteiger partial charge is 0.331 e. The Morgan fingerprint density at radius 3 is 2.25 bits per heavy atom. The molecule has 2 aromatic rings. The lowest BCUT2D eigenvalue weighted by Crippen LogP contribution is -2.36. The molecular formula is C19H16N2O3. The number of imide groups is 1. The maximum atomic E-state index is 12.3. The van der Waals surface area contributed by atoms with Crippen molar-refractivity contribution < 1.29 is 14.4 Å². The van der Waals surface area contributed by atoms with E-state index >= 15 is 0 Å². The van der Waals surface area contributed by atoms with Crippen LogP contribution < -0.4 is 0 Å². The average Bonchev–Trinajstić information content (AvgIpc) is 2.89. The predicted octanol–water partition coefficient (Wildman–Crippen LogP) is 2.80. The molecule has 0 saturated carbocycles. The molecule has 1 saturated heterocycles. The lowest BCUT2D eigenvalue weighted by molar-refractivity contribution is -0.124. The standard InChI is InChI=1S/C19H16N2O3/c22-17(16-9-5-2-6-10-16)13-21-18(23)14-20(19(21)24)12-11-15-7-3-1-4-8-15/h1-12H,13-14H2/b12-11+. The molecule has 1 aliphatic heterocycles. The zero-order chi connectivity index (χ0) is 16.9. The Morgan fingerprint density at radius 1 is 0.958 bits per heavy atom. The summed E-state index contributed by atoms with van der Waals surface area (Å²) in [5.41, 5.74) is 1.41. The highest BCUT2D eigenvalue weighted by molar-refractivity contribution is 6.08. The topological polar surface area (TPSA) is 57.7 Å². The summed E-state index contributed by atoms with van der Waals surface area (Å²) in [6, 6.07) is 17.6. The molecule has 0 aliphatic carbocycles. The first-order valence-corrected chi connectivity index (χ1v) is 7.57. The Hall–Kier alpha value is -3.21. The van der Waals surface area contributed by atoms with Crippen molar-refractivity contribution in [3.05, 3.63) is 78.0 Å². The summed E-state index contributed by atoms with van der Waals surface area (Å²) in [5.74, 6) is -0.631. The summed E-state index contributed by atoms with van der Waals surface area (Å²) in [6.07, 6.45) is 3.33. The third-order valence-electron chi connectivity index (χ3n) is 3.73. The second-order valence-electron chi connectivity index (χ2n) is 5.41. The van der Waals surface area contributed by atoms with Crippen LogP contribution in [-0.4, -0.2) is 40.6 Å². The average molecular weight is 320 g/mol. The molecule has 0 bridgehead atoms. The van der Waals surface area contributed by atoms with Crippen LogP contribution in [0.3, 0.4) is 0 Å². The highest BCUT2D eigenvalue weighted by atomic mass is 16.2. The van der Waals surface area contributed by atoms with E-state index in [-0.39, 0.29) is 24.8 Å². The minimum absolute atomic E-state index is 0.0514. The maximum Gasteiger partial charge on any atom is 0.331 e. The van der Waals surface area contributed by atoms with E-state index in [0.717, 1.165) is 10.5 Å². The van der Waals surface area contributed by atoms with Gasteiger partial charge in [-0.15, -0.1) is 0 Å². The Labute approximate surface area is 139 Å². The second kappa shape index (κ2) is 6.91. The van der Waals surface area contributed by atoms with Crippen LogP contribution in [0.2, 0.25) is 0 Å². The number of nitrogens with zero attached hydrogens (tertiary/aromatic N) is 2. The van der Waals surface area contributed by atoms with Gasteiger partial charge >= 0.3 is 6.03 Å². The zero-order valence-electron chi connectivity index (χ0n) is 13.0. The lowest BCUT2D eigenvalue weighted by atomic mass is 10.1. The van der Waals surface area contributed by atoms with Gasteiger partial charge < -0.3 is 0 Å². The summed E-state index contributed by atoms with van der Waals surface area (Å²) in [7, 11) is 0. The van der Waals surface area contributed by atoms with Crippen molar-refractivity contribution in [3.8, 4) is 0 Å². The van der Waals surface area contributed by atoms with Gasteiger partial charge in [-0.2, -0.15) is 0 Å². The monoisotopic (exact) mass is 320 g/mol. The van der Waals surface area contributed by atoms with E-state index in [1.807, 2.05) is 30.3 Å². The number of hydrogen-bond donors (Lipinski definition) is 0. The number of carbonyl (C=O) groups is 3. The highest BCUT2D eigenvalue weighted by Gasteiger charge is 2.36. The summed E-state index contributed by atoms with van der Waals surface area (Å²) in [4.78, 5) is 38.9. The van der Waals surface area contributed by atoms with Gasteiger partial charge in [0.05, 0.1) is 6.54 Å². The lowest BCUT2D eigenvalue weighted by Gasteiger charge is -2.13. The van der Waals surface area contributed by atoms with Crippen LogP contribution in [0, 0.1) is 0 Å². The number of hydrogen-bond acceptors (Lipinski definition) is 3. The van der Waals surface area contributed by atoms with E-state index in [4.69, 9.17) is 0 Å². The first kappa shape index (κ1) is 15.7. The van der Waals surface area contributed by atoms with E-state index in [1.165, 1.54) is 4.90 Å². The number of Topliss-reactive ketones (excluding diaryl/α,β-unsaturated/α-hetero) is 1. The van der Waals surface area contributed by atoms with Crippen LogP contribution in [0.25, 0.3) is 6.08 Å². The van der Waals surface area contributed by atoms with Gasteiger partial charge in [-0.05, 0) is 11.6 Å². The number of ketones is 1. The Kier molecular flexibility index (Phi) is 4.52. The molecule has 1 heterocycles. The first-order chi connectivity index (χ1) is 11.6. The minimum atomic E-state index is -0.475. The summed E-state index contributed by atoms with van der Waals surface area (Å²) < 4.78 is 0. The van der Waals surface area contributed by atoms with Gasteiger partial charge in [0, 0.05) is 11.8 Å². The van der Waals surface area contributed by atoms with Crippen molar-refractivity contribution >= 4 is 23.8 Å². The molecule has 0 N–H and O–H groups in total. The van der Waals surface area contributed by atoms with Crippen LogP contribution in [0.5, 0.6) is 0 Å². The molecule has 120 valence electrons. The quantitative estimate of drug-likeness (QED) is 0.629. The minimum Gasteiger partial charge on any atom is -0.292 e. The van der Waals surface area contributed by atoms with Crippen molar-refractivity contribution in [2.24, 2.45) is 0 Å². The number of rotatable bonds is 5. The molecule has 0 aromatic heterocycles. The van der Waals surface area contributed by atoms with E-state index in [1.54, 1.807) is 42.6 Å². The fraction of sp³-hybridized carbons (Fsp3) is 0.105. The highest BCUT2D eigenvalue weighted by Crippen LogP contribution is 2.14. The van der Waals surface area contributed by atoms with Crippen molar-refractivity contribution in [3.63, 3.8) is 0 Å². The molecule has 0 unspecified atom stereocenters. The van der Waals surface area contributed by atoms with Gasteiger partial charge in [-0.3, -0.25) is 19.4 Å². The molecule has 1 aliphatic rings. The smallest absolute Gasteiger partial charge is 0.292 e. The molecule has 3 rings (SSSR count). The number of carbonyl (C=O) groups excluding carboxylic acids is 3. The molecule has 24 heavy (non-hydrogen) atoms. The molecule has 5 heteroatoms. The van der Waals surface area contributed by atoms with E-state index < -0.39 is 6.03 Å². The zero-order valence-corrected chi connectivity index (χ0v) is 13.0. The fourth-order valence-electron chi connectivity index (χ4n) is 2.43. The summed E-state index contributed by atoms with van der Waals surface area (Å²) >= 11 is 0. The van der Waals surface area contributed by atoms with Gasteiger partial charge in [0.1, 0.15) is 6.54 Å². The maximum absolute atomic E-state index is 12.3. The van der Waals surface area contributed by atoms with Crippen molar-refractivity contribution in [2.45, 2.75) is 0 Å². The molecule has 0 atom stereocenters. The van der Waals surface area contributed by atoms with E-state index in [2.05, 4.69) is 0 Å². The normalized spacial score (nSPS) is 14.7. The van der Waals surface area contributed by atoms with Crippen LogP contribution in [0.1, 0.15) is 15.9 Å². The Morgan fingerprint density at radius 2 is 1.58 bits per heavy atom. The van der Waals surface area contributed by atoms with Crippen molar-refractivity contribution in [1.29, 1.82) is 0 Å². The third kappa shape index (κ3) is 3.41. The number of benzene rings is 2. The van der Waals surface area contributed by atoms with Gasteiger partial charge in [0.15, 0.2) is 5.78 Å². The van der Waals surface area contributed by atoms with Gasteiger partial charge in [0.2, 0.25) is 0 Å². The van der Waals surface area contributed by atoms with E-state index in [9.17, 15) is 14.4 Å². The first-order valence-electron chi connectivity index (χ1n) is 7.57. The summed E-state index contributed by atoms with van der Waals surface area (Å²) in [5, 5.41) is 0. The number of amides is 3. The van der Waals surface area contributed by atoms with Crippen molar-refractivity contribution in [1.82, 2.24) is 9.80 Å². The molecule has 0 spiro atoms. The van der Waals surface area contributed by atoms with Gasteiger partial charge in [0.25, 0.3) is 5.91 Å². The molecule has 1 fully saturated rings. The fourth-order valence-corrected chi connectivity index (χ4v) is 2.43. The SMILES string of the molecule is O=C(CN1C(=O)CN(/C=C/c2ccccc2)C1=O)c1ccccc1. The van der Waals surface area contributed by atoms with Crippen LogP contribution in [-0.2, 0) is 4.79 Å². The molecule has 0 radical (unpaired) electrons. The Bertz CT molecular complexity index is 785. The van der Waals surface area contributed by atoms with E-state index in [0.29, 0.717) is 5.56 Å². The van der Waals surface area contributed by atoms with Crippen LogP contribution >= 0.6 is 0 Å². The predicted molar refractivity (Wildman–Crippen MR) is 90.1 cm³/mol. The third-order valence-corrected chi connectivity index (χ3v) is 3.73. The molecule has 3 amide bonds.